The Morgan fingerprint density at radius 3 is 2.67 bits per heavy atom. The molecule has 3 rings (SSSR count). The van der Waals surface area contributed by atoms with Gasteiger partial charge in [0.25, 0.3) is 0 Å². The third kappa shape index (κ3) is 1.73. The summed E-state index contributed by atoms with van der Waals surface area (Å²) in [5.41, 5.74) is 2.86. The number of oxazole rings is 1. The molecule has 0 spiro atoms. The standard InChI is InChI=1S/C14H10N2O2/c17-9-15-11-7-4-8-12-13(11)16-14(18-12)10-5-2-1-3-6-10/h1-9H,(H,15,17). The Morgan fingerprint density at radius 2 is 1.89 bits per heavy atom. The molecule has 0 unspecified atom stereocenters. The van der Waals surface area contributed by atoms with Crippen LogP contribution in [0.15, 0.2) is 52.9 Å². The molecule has 1 amide bonds. The van der Waals surface area contributed by atoms with Crippen molar-refractivity contribution in [3.63, 3.8) is 0 Å². The second-order valence-electron chi connectivity index (χ2n) is 3.80. The van der Waals surface area contributed by atoms with Crippen molar-refractivity contribution in [2.45, 2.75) is 0 Å². The van der Waals surface area contributed by atoms with Gasteiger partial charge in [-0.1, -0.05) is 24.3 Å². The van der Waals surface area contributed by atoms with Crippen molar-refractivity contribution in [2.24, 2.45) is 0 Å². The topological polar surface area (TPSA) is 55.1 Å². The van der Waals surface area contributed by atoms with E-state index in [1.807, 2.05) is 42.5 Å². The Hall–Kier alpha value is -2.62. The summed E-state index contributed by atoms with van der Waals surface area (Å²) in [6, 6.07) is 15.1. The van der Waals surface area contributed by atoms with Crippen molar-refractivity contribution in [1.82, 2.24) is 4.98 Å². The van der Waals surface area contributed by atoms with Gasteiger partial charge >= 0.3 is 0 Å². The molecule has 4 heteroatoms. The fourth-order valence-corrected chi connectivity index (χ4v) is 1.83. The van der Waals surface area contributed by atoms with Crippen LogP contribution in [-0.4, -0.2) is 11.4 Å². The van der Waals surface area contributed by atoms with Gasteiger partial charge in [0.1, 0.15) is 5.52 Å². The number of nitrogens with zero attached hydrogens (tertiary/aromatic N) is 1. The summed E-state index contributed by atoms with van der Waals surface area (Å²) in [6.07, 6.45) is 0.631. The average Bonchev–Trinajstić information content (AvgIpc) is 2.85. The van der Waals surface area contributed by atoms with E-state index in [0.29, 0.717) is 29.1 Å². The molecule has 0 saturated carbocycles. The zero-order chi connectivity index (χ0) is 12.4. The summed E-state index contributed by atoms with van der Waals surface area (Å²) in [7, 11) is 0. The van der Waals surface area contributed by atoms with Gasteiger partial charge in [-0.2, -0.15) is 0 Å². The van der Waals surface area contributed by atoms with Crippen molar-refractivity contribution in [1.29, 1.82) is 0 Å². The van der Waals surface area contributed by atoms with Crippen molar-refractivity contribution in [3.8, 4) is 11.5 Å². The maximum Gasteiger partial charge on any atom is 0.227 e. The van der Waals surface area contributed by atoms with Crippen LogP contribution in [0.3, 0.4) is 0 Å². The van der Waals surface area contributed by atoms with Gasteiger partial charge in [-0.05, 0) is 24.3 Å². The minimum atomic E-state index is 0.547. The summed E-state index contributed by atoms with van der Waals surface area (Å²) in [4.78, 5) is 14.9. The first-order valence-corrected chi connectivity index (χ1v) is 5.53. The highest BCUT2D eigenvalue weighted by molar-refractivity contribution is 5.92. The van der Waals surface area contributed by atoms with E-state index in [-0.39, 0.29) is 0 Å². The van der Waals surface area contributed by atoms with Crippen LogP contribution in [0, 0.1) is 0 Å². The number of nitrogens with one attached hydrogen (secondary N) is 1. The highest BCUT2D eigenvalue weighted by atomic mass is 16.3. The van der Waals surface area contributed by atoms with E-state index in [4.69, 9.17) is 4.42 Å². The summed E-state index contributed by atoms with van der Waals surface area (Å²) in [6.45, 7) is 0. The molecule has 0 bridgehead atoms. The van der Waals surface area contributed by atoms with Gasteiger partial charge in [-0.3, -0.25) is 4.79 Å². The van der Waals surface area contributed by atoms with Gasteiger partial charge in [0.2, 0.25) is 12.3 Å². The third-order valence-electron chi connectivity index (χ3n) is 2.65. The number of anilines is 1. The molecule has 2 aromatic carbocycles. The van der Waals surface area contributed by atoms with Gasteiger partial charge in [0.15, 0.2) is 5.58 Å². The largest absolute Gasteiger partial charge is 0.436 e. The van der Waals surface area contributed by atoms with Crippen LogP contribution in [0.2, 0.25) is 0 Å². The lowest BCUT2D eigenvalue weighted by Gasteiger charge is -1.96. The molecule has 4 nitrogen and oxygen atoms in total. The molecule has 1 heterocycles. The highest BCUT2D eigenvalue weighted by Gasteiger charge is 2.10. The molecule has 0 aliphatic heterocycles. The Kier molecular flexibility index (Phi) is 2.53. The lowest BCUT2D eigenvalue weighted by atomic mass is 10.2. The molecule has 1 aromatic heterocycles. The number of amides is 1. The van der Waals surface area contributed by atoms with Crippen molar-refractivity contribution < 1.29 is 9.21 Å². The van der Waals surface area contributed by atoms with E-state index >= 15 is 0 Å². The maximum atomic E-state index is 10.5. The molecule has 0 atom stereocenters. The molecule has 0 aliphatic carbocycles. The van der Waals surface area contributed by atoms with Crippen LogP contribution in [0.5, 0.6) is 0 Å². The fraction of sp³-hybridized carbons (Fsp3) is 0. The second kappa shape index (κ2) is 4.33. The predicted octanol–water partition coefficient (Wildman–Crippen LogP) is 3.06. The number of hydrogen-bond acceptors (Lipinski definition) is 3. The van der Waals surface area contributed by atoms with Gasteiger partial charge in [0, 0.05) is 5.56 Å². The molecule has 88 valence electrons. The highest BCUT2D eigenvalue weighted by Crippen LogP contribution is 2.28. The summed E-state index contributed by atoms with van der Waals surface area (Å²) in [5, 5.41) is 2.61. The molecule has 18 heavy (non-hydrogen) atoms. The first kappa shape index (κ1) is 10.5. The quantitative estimate of drug-likeness (QED) is 0.713. The minimum absolute atomic E-state index is 0.547. The monoisotopic (exact) mass is 238 g/mol. The molecule has 0 aliphatic rings. The van der Waals surface area contributed by atoms with Gasteiger partial charge < -0.3 is 9.73 Å². The lowest BCUT2D eigenvalue weighted by molar-refractivity contribution is -0.105. The van der Waals surface area contributed by atoms with Crippen LogP contribution >= 0.6 is 0 Å². The first-order valence-electron chi connectivity index (χ1n) is 5.53. The zero-order valence-electron chi connectivity index (χ0n) is 9.46. The maximum absolute atomic E-state index is 10.5. The Bertz CT molecular complexity index is 689. The molecule has 0 fully saturated rings. The zero-order valence-corrected chi connectivity index (χ0v) is 9.46. The number of benzene rings is 2. The van der Waals surface area contributed by atoms with E-state index in [9.17, 15) is 4.79 Å². The van der Waals surface area contributed by atoms with Crippen molar-refractivity contribution in [3.05, 3.63) is 48.5 Å². The summed E-state index contributed by atoms with van der Waals surface area (Å²) < 4.78 is 5.67. The average molecular weight is 238 g/mol. The van der Waals surface area contributed by atoms with Crippen LogP contribution in [0.25, 0.3) is 22.6 Å². The van der Waals surface area contributed by atoms with Crippen LogP contribution in [0.4, 0.5) is 5.69 Å². The number of fused-ring (bicyclic) bond motifs is 1. The fourth-order valence-electron chi connectivity index (χ4n) is 1.83. The normalized spacial score (nSPS) is 10.4. The number of carbonyl (C=O) groups is 1. The van der Waals surface area contributed by atoms with Crippen LogP contribution < -0.4 is 5.32 Å². The molecular weight excluding hydrogens is 228 g/mol. The SMILES string of the molecule is O=CNc1cccc2oc(-c3ccccc3)nc12. The van der Waals surface area contributed by atoms with Gasteiger partial charge in [-0.25, -0.2) is 4.98 Å². The minimum Gasteiger partial charge on any atom is -0.436 e. The number of para-hydroxylation sites is 1. The molecule has 0 radical (unpaired) electrons. The summed E-state index contributed by atoms with van der Waals surface area (Å²) >= 11 is 0. The van der Waals surface area contributed by atoms with Gasteiger partial charge in [-0.15, -0.1) is 0 Å². The number of aromatic nitrogens is 1. The third-order valence-corrected chi connectivity index (χ3v) is 2.65. The molecule has 0 saturated heterocycles. The van der Waals surface area contributed by atoms with Crippen molar-refractivity contribution >= 4 is 23.2 Å². The summed E-state index contributed by atoms with van der Waals surface area (Å²) in [5.74, 6) is 0.547. The number of rotatable bonds is 3. The predicted molar refractivity (Wildman–Crippen MR) is 69.1 cm³/mol. The number of carbonyl (C=O) groups excluding carboxylic acids is 1. The molecular formula is C14H10N2O2. The van der Waals surface area contributed by atoms with Crippen LogP contribution in [0.1, 0.15) is 0 Å². The Labute approximate surface area is 103 Å². The van der Waals surface area contributed by atoms with Gasteiger partial charge in [0.05, 0.1) is 5.69 Å². The van der Waals surface area contributed by atoms with E-state index in [1.165, 1.54) is 0 Å². The second-order valence-corrected chi connectivity index (χ2v) is 3.80. The lowest BCUT2D eigenvalue weighted by Crippen LogP contribution is -1.93. The molecule has 3 aromatic rings. The van der Waals surface area contributed by atoms with E-state index < -0.39 is 0 Å². The number of hydrogen-bond donors (Lipinski definition) is 1. The Morgan fingerprint density at radius 1 is 1.06 bits per heavy atom. The van der Waals surface area contributed by atoms with Crippen molar-refractivity contribution in [2.75, 3.05) is 5.32 Å². The van der Waals surface area contributed by atoms with Crippen LogP contribution in [-0.2, 0) is 4.79 Å². The first-order chi connectivity index (χ1) is 8.88. The smallest absolute Gasteiger partial charge is 0.227 e. The van der Waals surface area contributed by atoms with E-state index in [2.05, 4.69) is 10.3 Å². The van der Waals surface area contributed by atoms with E-state index in [0.717, 1.165) is 5.56 Å². The molecule has 1 N–H and O–H groups in total. The van der Waals surface area contributed by atoms with E-state index in [1.54, 1.807) is 6.07 Å². The Balaban J connectivity index is 2.17.